The maximum atomic E-state index is 13.8. The molecule has 0 saturated heterocycles. The summed E-state index contributed by atoms with van der Waals surface area (Å²) in [5.74, 6) is -15.1. The number of hydrogen-bond acceptors (Lipinski definition) is 4. The van der Waals surface area contributed by atoms with Crippen molar-refractivity contribution in [2.75, 3.05) is 5.32 Å². The van der Waals surface area contributed by atoms with Crippen molar-refractivity contribution in [1.82, 2.24) is 5.16 Å². The first-order valence-electron chi connectivity index (χ1n) is 7.97. The first-order valence-corrected chi connectivity index (χ1v) is 7.97. The van der Waals surface area contributed by atoms with Crippen molar-refractivity contribution >= 4 is 11.6 Å². The predicted molar refractivity (Wildman–Crippen MR) is 86.1 cm³/mol. The Labute approximate surface area is 163 Å². The van der Waals surface area contributed by atoms with Crippen LogP contribution >= 0.6 is 0 Å². The fraction of sp³-hybridized carbons (Fsp3) is 0.111. The molecular formula is C18H9F7N2O3. The molecule has 0 radical (unpaired) electrons. The zero-order valence-electron chi connectivity index (χ0n) is 14.8. The van der Waals surface area contributed by atoms with Crippen LogP contribution in [0.25, 0.3) is 0 Å². The van der Waals surface area contributed by atoms with E-state index in [4.69, 9.17) is 9.26 Å². The van der Waals surface area contributed by atoms with Crippen molar-refractivity contribution in [3.05, 3.63) is 75.9 Å². The molecule has 0 saturated carbocycles. The van der Waals surface area contributed by atoms with E-state index in [9.17, 15) is 35.5 Å². The Morgan fingerprint density at radius 1 is 1.00 bits per heavy atom. The Morgan fingerprint density at radius 3 is 2.20 bits per heavy atom. The molecule has 0 bridgehead atoms. The van der Waals surface area contributed by atoms with Gasteiger partial charge in [0.25, 0.3) is 5.91 Å². The van der Waals surface area contributed by atoms with E-state index in [1.54, 1.807) is 0 Å². The molecule has 0 fully saturated rings. The quantitative estimate of drug-likeness (QED) is 0.357. The lowest BCUT2D eigenvalue weighted by Gasteiger charge is -2.10. The van der Waals surface area contributed by atoms with E-state index in [1.807, 2.05) is 0 Å². The summed E-state index contributed by atoms with van der Waals surface area (Å²) in [4.78, 5) is 12.3. The molecular weight excluding hydrogens is 425 g/mol. The number of carbonyl (C=O) groups excluding carboxylic acids is 1. The standard InChI is InChI=1S/C18H9F7N2O3/c1-6-8(5-29-10-3-2-7(19)4-9(10)20)16(27-30-6)18(28)26-17-14(24)12(22)11(21)13(23)15(17)25/h2-4H,5H2,1H3,(H,26,28). The number of rotatable bonds is 5. The molecule has 2 aromatic carbocycles. The largest absolute Gasteiger partial charge is 0.486 e. The molecule has 0 aliphatic carbocycles. The van der Waals surface area contributed by atoms with Gasteiger partial charge in [0.1, 0.15) is 23.9 Å². The highest BCUT2D eigenvalue weighted by atomic mass is 19.2. The van der Waals surface area contributed by atoms with Crippen LogP contribution < -0.4 is 10.1 Å². The summed E-state index contributed by atoms with van der Waals surface area (Å²) in [6.07, 6.45) is 0. The number of amides is 1. The van der Waals surface area contributed by atoms with E-state index < -0.39 is 64.6 Å². The first-order chi connectivity index (χ1) is 14.1. The minimum Gasteiger partial charge on any atom is -0.486 e. The van der Waals surface area contributed by atoms with E-state index in [2.05, 4.69) is 5.16 Å². The predicted octanol–water partition coefficient (Wildman–Crippen LogP) is 4.79. The van der Waals surface area contributed by atoms with Gasteiger partial charge in [-0.25, -0.2) is 30.7 Å². The summed E-state index contributed by atoms with van der Waals surface area (Å²) in [7, 11) is 0. The molecule has 1 heterocycles. The van der Waals surface area contributed by atoms with Gasteiger partial charge in [-0.2, -0.15) is 0 Å². The van der Waals surface area contributed by atoms with E-state index in [-0.39, 0.29) is 17.1 Å². The molecule has 0 aliphatic heterocycles. The molecule has 1 aromatic heterocycles. The van der Waals surface area contributed by atoms with Gasteiger partial charge in [-0.15, -0.1) is 0 Å². The summed E-state index contributed by atoms with van der Waals surface area (Å²) in [6, 6.07) is 2.43. The molecule has 158 valence electrons. The number of anilines is 1. The number of aromatic nitrogens is 1. The highest BCUT2D eigenvalue weighted by molar-refractivity contribution is 6.04. The third-order valence-electron chi connectivity index (χ3n) is 3.91. The molecule has 3 rings (SSSR count). The lowest BCUT2D eigenvalue weighted by Crippen LogP contribution is -2.19. The monoisotopic (exact) mass is 434 g/mol. The third kappa shape index (κ3) is 3.80. The second-order valence-corrected chi connectivity index (χ2v) is 5.83. The van der Waals surface area contributed by atoms with Crippen molar-refractivity contribution in [2.24, 2.45) is 0 Å². The van der Waals surface area contributed by atoms with Crippen molar-refractivity contribution in [3.63, 3.8) is 0 Å². The van der Waals surface area contributed by atoms with Gasteiger partial charge in [0.15, 0.2) is 40.5 Å². The van der Waals surface area contributed by atoms with E-state index in [0.717, 1.165) is 12.1 Å². The average Bonchev–Trinajstić information content (AvgIpc) is 3.08. The van der Waals surface area contributed by atoms with Gasteiger partial charge in [-0.1, -0.05) is 5.16 Å². The van der Waals surface area contributed by atoms with Crippen LogP contribution in [0, 0.1) is 47.6 Å². The Balaban J connectivity index is 1.87. The van der Waals surface area contributed by atoms with Gasteiger partial charge in [0.05, 0.1) is 5.56 Å². The molecule has 0 spiro atoms. The van der Waals surface area contributed by atoms with Crippen LogP contribution in [-0.2, 0) is 6.61 Å². The second kappa shape index (κ2) is 8.05. The number of ether oxygens (including phenoxy) is 1. The van der Waals surface area contributed by atoms with E-state index in [0.29, 0.717) is 6.07 Å². The summed E-state index contributed by atoms with van der Waals surface area (Å²) < 4.78 is 104. The van der Waals surface area contributed by atoms with Crippen molar-refractivity contribution < 1.29 is 44.8 Å². The lowest BCUT2D eigenvalue weighted by atomic mass is 10.2. The molecule has 5 nitrogen and oxygen atoms in total. The third-order valence-corrected chi connectivity index (χ3v) is 3.91. The Hall–Kier alpha value is -3.57. The zero-order valence-corrected chi connectivity index (χ0v) is 14.8. The van der Waals surface area contributed by atoms with Gasteiger partial charge in [-0.3, -0.25) is 4.79 Å². The maximum Gasteiger partial charge on any atom is 0.278 e. The molecule has 1 N–H and O–H groups in total. The van der Waals surface area contributed by atoms with Gasteiger partial charge in [0, 0.05) is 6.07 Å². The smallest absolute Gasteiger partial charge is 0.278 e. The summed E-state index contributed by atoms with van der Waals surface area (Å²) in [5, 5.41) is 4.89. The van der Waals surface area contributed by atoms with Crippen LogP contribution in [0.5, 0.6) is 5.75 Å². The van der Waals surface area contributed by atoms with Gasteiger partial charge in [0.2, 0.25) is 5.82 Å². The normalized spacial score (nSPS) is 10.9. The molecule has 1 amide bonds. The van der Waals surface area contributed by atoms with Crippen LogP contribution in [-0.4, -0.2) is 11.1 Å². The van der Waals surface area contributed by atoms with Crippen LogP contribution in [0.2, 0.25) is 0 Å². The summed E-state index contributed by atoms with van der Waals surface area (Å²) in [5.41, 5.74) is -2.31. The zero-order chi connectivity index (χ0) is 22.2. The van der Waals surface area contributed by atoms with Crippen LogP contribution in [0.1, 0.15) is 21.8 Å². The number of hydrogen-bond donors (Lipinski definition) is 1. The van der Waals surface area contributed by atoms with Crippen LogP contribution in [0.4, 0.5) is 36.4 Å². The van der Waals surface area contributed by atoms with Gasteiger partial charge in [-0.05, 0) is 19.1 Å². The molecule has 0 aliphatic rings. The Bertz CT molecular complexity index is 1120. The summed E-state index contributed by atoms with van der Waals surface area (Å²) >= 11 is 0. The van der Waals surface area contributed by atoms with E-state index in [1.165, 1.54) is 12.2 Å². The number of carbonyl (C=O) groups is 1. The maximum absolute atomic E-state index is 13.8. The topological polar surface area (TPSA) is 64.4 Å². The lowest BCUT2D eigenvalue weighted by molar-refractivity contribution is 0.101. The Morgan fingerprint density at radius 2 is 1.60 bits per heavy atom. The average molecular weight is 434 g/mol. The minimum absolute atomic E-state index is 0.0138. The van der Waals surface area contributed by atoms with Crippen molar-refractivity contribution in [2.45, 2.75) is 13.5 Å². The molecule has 12 heteroatoms. The molecule has 30 heavy (non-hydrogen) atoms. The number of halogens is 7. The fourth-order valence-electron chi connectivity index (χ4n) is 2.37. The SMILES string of the molecule is Cc1onc(C(=O)Nc2c(F)c(F)c(F)c(F)c2F)c1COc1ccc(F)cc1F. The highest BCUT2D eigenvalue weighted by Gasteiger charge is 2.29. The number of nitrogens with zero attached hydrogens (tertiary/aromatic N) is 1. The summed E-state index contributed by atoms with van der Waals surface area (Å²) in [6.45, 7) is 0.777. The molecule has 0 unspecified atom stereocenters. The fourth-order valence-corrected chi connectivity index (χ4v) is 2.37. The first kappa shape index (κ1) is 21.1. The second-order valence-electron chi connectivity index (χ2n) is 5.83. The highest BCUT2D eigenvalue weighted by Crippen LogP contribution is 2.28. The van der Waals surface area contributed by atoms with Crippen molar-refractivity contribution in [3.8, 4) is 5.75 Å². The molecule has 3 aromatic rings. The van der Waals surface area contributed by atoms with E-state index >= 15 is 0 Å². The Kier molecular flexibility index (Phi) is 5.67. The number of nitrogens with one attached hydrogen (secondary N) is 1. The number of aryl methyl sites for hydroxylation is 1. The molecule has 0 atom stereocenters. The van der Waals surface area contributed by atoms with Crippen LogP contribution in [0.3, 0.4) is 0 Å². The van der Waals surface area contributed by atoms with Crippen molar-refractivity contribution in [1.29, 1.82) is 0 Å². The number of benzene rings is 2. The van der Waals surface area contributed by atoms with Gasteiger partial charge < -0.3 is 14.6 Å². The van der Waals surface area contributed by atoms with Gasteiger partial charge >= 0.3 is 0 Å². The minimum atomic E-state index is -2.39. The van der Waals surface area contributed by atoms with Crippen LogP contribution in [0.15, 0.2) is 22.7 Å².